The minimum absolute atomic E-state index is 0.0185. The lowest BCUT2D eigenvalue weighted by atomic mass is 9.40. The number of fused-ring (bicyclic) bond motifs is 3. The lowest BCUT2D eigenvalue weighted by Gasteiger charge is -2.63. The molecule has 1 aromatic rings. The summed E-state index contributed by atoms with van der Waals surface area (Å²) >= 11 is 0. The van der Waals surface area contributed by atoms with Gasteiger partial charge in [-0.25, -0.2) is 0 Å². The van der Waals surface area contributed by atoms with E-state index in [0.29, 0.717) is 24.0 Å². The smallest absolute Gasteiger partial charge is 0.165 e. The molecule has 7 atom stereocenters. The second kappa shape index (κ2) is 5.15. The summed E-state index contributed by atoms with van der Waals surface area (Å²) in [7, 11) is 0. The van der Waals surface area contributed by atoms with Crippen molar-refractivity contribution in [2.75, 3.05) is 0 Å². The molecule has 0 radical (unpaired) electrons. The fourth-order valence-corrected chi connectivity index (χ4v) is 9.10. The predicted octanol–water partition coefficient (Wildman–Crippen LogP) is 5.71. The van der Waals surface area contributed by atoms with Crippen molar-refractivity contribution in [1.82, 2.24) is 0 Å². The van der Waals surface area contributed by atoms with Gasteiger partial charge in [-0.2, -0.15) is 0 Å². The maximum Gasteiger partial charge on any atom is 0.165 e. The van der Waals surface area contributed by atoms with Crippen LogP contribution < -0.4 is 0 Å². The van der Waals surface area contributed by atoms with Crippen LogP contribution in [0, 0.1) is 27.6 Å². The number of ketones is 1. The zero-order chi connectivity index (χ0) is 21.3. The molecule has 0 amide bonds. The molecule has 4 heteroatoms. The first kappa shape index (κ1) is 18.9. The summed E-state index contributed by atoms with van der Waals surface area (Å²) in [6.07, 6.45) is 11.5. The molecule has 6 rings (SSSR count). The van der Waals surface area contributed by atoms with Gasteiger partial charge in [-0.3, -0.25) is 4.79 Å². The standard InChI is InChI=1S/C26H32O4/c1-22(2)19(28)7-9-23(3)18-6-10-24(4)16(15-8-11-29-14-15)12-20-26(24,30-20)25(18,5)13-17(27)21(22)23/h7-9,11,14,16,18,20,27H,6,10,12-13H2,1-5H3. The topological polar surface area (TPSA) is 63.0 Å². The molecule has 1 aliphatic heterocycles. The van der Waals surface area contributed by atoms with Gasteiger partial charge in [0.15, 0.2) is 5.78 Å². The third-order valence-corrected chi connectivity index (χ3v) is 10.2. The van der Waals surface area contributed by atoms with E-state index in [4.69, 9.17) is 9.15 Å². The summed E-state index contributed by atoms with van der Waals surface area (Å²) in [6.45, 7) is 10.9. The summed E-state index contributed by atoms with van der Waals surface area (Å²) in [6, 6.07) is 2.11. The van der Waals surface area contributed by atoms with E-state index in [0.717, 1.165) is 24.8 Å². The zero-order valence-corrected chi connectivity index (χ0v) is 18.6. The number of allylic oxidation sites excluding steroid dienone is 4. The summed E-state index contributed by atoms with van der Waals surface area (Å²) in [4.78, 5) is 12.7. The third kappa shape index (κ3) is 1.76. The lowest BCUT2D eigenvalue weighted by molar-refractivity contribution is -0.135. The van der Waals surface area contributed by atoms with Crippen LogP contribution in [-0.4, -0.2) is 22.6 Å². The lowest BCUT2D eigenvalue weighted by Crippen LogP contribution is -2.63. The Bertz CT molecular complexity index is 1020. The third-order valence-electron chi connectivity index (χ3n) is 10.2. The van der Waals surface area contributed by atoms with Gasteiger partial charge in [-0.1, -0.05) is 26.8 Å². The fraction of sp³-hybridized carbons (Fsp3) is 0.654. The van der Waals surface area contributed by atoms with Crippen molar-refractivity contribution in [3.63, 3.8) is 0 Å². The maximum absolute atomic E-state index is 12.7. The molecule has 3 fully saturated rings. The van der Waals surface area contributed by atoms with Gasteiger partial charge in [0.05, 0.1) is 29.8 Å². The minimum Gasteiger partial charge on any atom is -0.512 e. The van der Waals surface area contributed by atoms with Crippen LogP contribution in [0.2, 0.25) is 0 Å². The molecule has 2 saturated carbocycles. The van der Waals surface area contributed by atoms with Gasteiger partial charge in [0.1, 0.15) is 5.60 Å². The Labute approximate surface area is 178 Å². The van der Waals surface area contributed by atoms with E-state index in [1.165, 1.54) is 5.56 Å². The highest BCUT2D eigenvalue weighted by Gasteiger charge is 2.84. The molecule has 1 saturated heterocycles. The molecule has 160 valence electrons. The highest BCUT2D eigenvalue weighted by atomic mass is 16.6. The first-order valence-corrected chi connectivity index (χ1v) is 11.4. The molecule has 1 N–H and O–H groups in total. The van der Waals surface area contributed by atoms with Crippen molar-refractivity contribution in [3.05, 3.63) is 47.6 Å². The Hall–Kier alpha value is -1.81. The van der Waals surface area contributed by atoms with E-state index in [9.17, 15) is 9.90 Å². The fourth-order valence-electron chi connectivity index (χ4n) is 9.10. The summed E-state index contributed by atoms with van der Waals surface area (Å²) in [5.74, 6) is 1.26. The van der Waals surface area contributed by atoms with Crippen molar-refractivity contribution < 1.29 is 19.1 Å². The maximum atomic E-state index is 12.7. The molecular weight excluding hydrogens is 376 g/mol. The summed E-state index contributed by atoms with van der Waals surface area (Å²) < 4.78 is 12.1. The van der Waals surface area contributed by atoms with Crippen LogP contribution in [0.5, 0.6) is 0 Å². The van der Waals surface area contributed by atoms with Crippen LogP contribution in [0.25, 0.3) is 0 Å². The summed E-state index contributed by atoms with van der Waals surface area (Å²) in [5.41, 5.74) is 0.845. The molecule has 30 heavy (non-hydrogen) atoms. The van der Waals surface area contributed by atoms with Crippen molar-refractivity contribution in [2.45, 2.75) is 77.9 Å². The molecule has 0 aromatic carbocycles. The molecule has 4 aliphatic carbocycles. The number of rotatable bonds is 1. The normalized spacial score (nSPS) is 50.6. The second-order valence-corrected chi connectivity index (χ2v) is 11.7. The monoisotopic (exact) mass is 408 g/mol. The van der Waals surface area contributed by atoms with Gasteiger partial charge in [0.25, 0.3) is 0 Å². The molecule has 1 aromatic heterocycles. The average molecular weight is 409 g/mol. The molecule has 0 bridgehead atoms. The van der Waals surface area contributed by atoms with Crippen LogP contribution in [0.4, 0.5) is 0 Å². The Morgan fingerprint density at radius 2 is 1.90 bits per heavy atom. The number of aliphatic hydroxyl groups is 1. The molecule has 4 nitrogen and oxygen atoms in total. The Kier molecular flexibility index (Phi) is 3.25. The number of carbonyl (C=O) groups is 1. The molecule has 5 aliphatic rings. The van der Waals surface area contributed by atoms with E-state index in [1.807, 2.05) is 20.1 Å². The number of hydrogen-bond donors (Lipinski definition) is 1. The first-order chi connectivity index (χ1) is 14.0. The zero-order valence-electron chi connectivity index (χ0n) is 18.6. The number of furan rings is 1. The van der Waals surface area contributed by atoms with Crippen LogP contribution in [0.15, 0.2) is 46.5 Å². The van der Waals surface area contributed by atoms with Crippen molar-refractivity contribution in [3.8, 4) is 0 Å². The predicted molar refractivity (Wildman–Crippen MR) is 113 cm³/mol. The van der Waals surface area contributed by atoms with Crippen molar-refractivity contribution >= 4 is 5.78 Å². The number of ether oxygens (including phenoxy) is 1. The highest BCUT2D eigenvalue weighted by molar-refractivity contribution is 5.98. The van der Waals surface area contributed by atoms with E-state index in [-0.39, 0.29) is 33.7 Å². The van der Waals surface area contributed by atoms with Crippen LogP contribution in [0.3, 0.4) is 0 Å². The Balaban J connectivity index is 1.52. The Morgan fingerprint density at radius 1 is 1.13 bits per heavy atom. The molecule has 2 heterocycles. The van der Waals surface area contributed by atoms with Crippen molar-refractivity contribution in [2.24, 2.45) is 27.6 Å². The number of epoxide rings is 1. The number of hydrogen-bond acceptors (Lipinski definition) is 4. The number of aliphatic hydroxyl groups excluding tert-OH is 1. The van der Waals surface area contributed by atoms with Crippen LogP contribution in [0.1, 0.15) is 71.8 Å². The second-order valence-electron chi connectivity index (χ2n) is 11.7. The largest absolute Gasteiger partial charge is 0.512 e. The van der Waals surface area contributed by atoms with Gasteiger partial charge >= 0.3 is 0 Å². The van der Waals surface area contributed by atoms with Gasteiger partial charge in [-0.05, 0) is 68.2 Å². The Morgan fingerprint density at radius 3 is 2.60 bits per heavy atom. The van der Waals surface area contributed by atoms with E-state index >= 15 is 0 Å². The summed E-state index contributed by atoms with van der Waals surface area (Å²) in [5, 5.41) is 11.4. The van der Waals surface area contributed by atoms with Crippen LogP contribution in [-0.2, 0) is 9.53 Å². The molecular formula is C26H32O4. The quantitative estimate of drug-likeness (QED) is 0.604. The minimum atomic E-state index is -0.661. The van der Waals surface area contributed by atoms with Gasteiger partial charge in [0.2, 0.25) is 0 Å². The van der Waals surface area contributed by atoms with E-state index in [1.54, 1.807) is 12.3 Å². The average Bonchev–Trinajstić information content (AvgIpc) is 3.03. The van der Waals surface area contributed by atoms with Crippen LogP contribution >= 0.6 is 0 Å². The highest BCUT2D eigenvalue weighted by Crippen LogP contribution is 2.81. The molecule has 7 unspecified atom stereocenters. The first-order valence-electron chi connectivity index (χ1n) is 11.4. The van der Waals surface area contributed by atoms with Crippen molar-refractivity contribution in [1.29, 1.82) is 0 Å². The van der Waals surface area contributed by atoms with E-state index < -0.39 is 5.41 Å². The van der Waals surface area contributed by atoms with Gasteiger partial charge in [0, 0.05) is 22.7 Å². The van der Waals surface area contributed by atoms with Gasteiger partial charge < -0.3 is 14.3 Å². The molecule has 1 spiro atoms. The number of carbonyl (C=O) groups excluding carboxylic acids is 1. The van der Waals surface area contributed by atoms with E-state index in [2.05, 4.69) is 32.9 Å². The SMILES string of the molecule is CC1(C)C(=O)C=CC2(C)C1=C(O)CC1(C)C2CCC2(C)C(c3ccoc3)CC3OC321. The van der Waals surface area contributed by atoms with Gasteiger partial charge in [-0.15, -0.1) is 0 Å².